The molecule has 0 aliphatic heterocycles. The van der Waals surface area contributed by atoms with Crippen molar-refractivity contribution in [3.8, 4) is 11.5 Å². The van der Waals surface area contributed by atoms with Crippen molar-refractivity contribution in [2.75, 3.05) is 5.32 Å². The predicted molar refractivity (Wildman–Crippen MR) is 106 cm³/mol. The molecule has 0 aliphatic rings. The predicted octanol–water partition coefficient (Wildman–Crippen LogP) is 3.60. The molecule has 8 nitrogen and oxygen atoms in total. The van der Waals surface area contributed by atoms with E-state index >= 15 is 0 Å². The number of ether oxygens (including phenoxy) is 1. The SMILES string of the molecule is Cc1ccc(-c2nnc(CCC(=O)OC(C)C(=O)Nc3cccnc3Cl)o2)cc1. The third kappa shape index (κ3) is 5.61. The number of aryl methyl sites for hydroxylation is 2. The molecule has 3 aromatic rings. The maximum absolute atomic E-state index is 12.1. The van der Waals surface area contributed by atoms with Crippen molar-refractivity contribution in [3.05, 3.63) is 59.2 Å². The summed E-state index contributed by atoms with van der Waals surface area (Å²) in [5.41, 5.74) is 2.27. The van der Waals surface area contributed by atoms with Gasteiger partial charge in [-0.2, -0.15) is 0 Å². The van der Waals surface area contributed by atoms with E-state index in [9.17, 15) is 9.59 Å². The van der Waals surface area contributed by atoms with Crippen LogP contribution in [0, 0.1) is 6.92 Å². The van der Waals surface area contributed by atoms with E-state index in [0.717, 1.165) is 11.1 Å². The Labute approximate surface area is 172 Å². The molecule has 1 unspecified atom stereocenters. The van der Waals surface area contributed by atoms with Crippen LogP contribution in [0.3, 0.4) is 0 Å². The van der Waals surface area contributed by atoms with Crippen molar-refractivity contribution in [1.82, 2.24) is 15.2 Å². The summed E-state index contributed by atoms with van der Waals surface area (Å²) in [6.45, 7) is 3.46. The lowest BCUT2D eigenvalue weighted by atomic mass is 10.1. The van der Waals surface area contributed by atoms with Gasteiger partial charge in [0, 0.05) is 18.2 Å². The molecule has 0 saturated carbocycles. The molecule has 0 saturated heterocycles. The summed E-state index contributed by atoms with van der Waals surface area (Å²) in [6, 6.07) is 10.9. The Morgan fingerprint density at radius 2 is 1.97 bits per heavy atom. The number of halogens is 1. The van der Waals surface area contributed by atoms with Gasteiger partial charge in [0.05, 0.1) is 12.1 Å². The van der Waals surface area contributed by atoms with Gasteiger partial charge in [0.15, 0.2) is 11.3 Å². The van der Waals surface area contributed by atoms with Gasteiger partial charge >= 0.3 is 5.97 Å². The molecule has 1 N–H and O–H groups in total. The van der Waals surface area contributed by atoms with Crippen LogP contribution in [0.5, 0.6) is 0 Å². The smallest absolute Gasteiger partial charge is 0.307 e. The highest BCUT2D eigenvalue weighted by Gasteiger charge is 2.19. The first-order chi connectivity index (χ1) is 13.9. The van der Waals surface area contributed by atoms with Crippen molar-refractivity contribution in [2.24, 2.45) is 0 Å². The summed E-state index contributed by atoms with van der Waals surface area (Å²) in [7, 11) is 0. The third-order valence-electron chi connectivity index (χ3n) is 4.00. The van der Waals surface area contributed by atoms with Crippen molar-refractivity contribution >= 4 is 29.2 Å². The van der Waals surface area contributed by atoms with E-state index in [1.54, 1.807) is 12.1 Å². The van der Waals surface area contributed by atoms with Crippen molar-refractivity contribution in [2.45, 2.75) is 32.8 Å². The summed E-state index contributed by atoms with van der Waals surface area (Å²) in [5, 5.41) is 10.6. The first-order valence-electron chi connectivity index (χ1n) is 8.92. The Hall–Kier alpha value is -3.26. The Morgan fingerprint density at radius 1 is 1.21 bits per heavy atom. The number of carbonyl (C=O) groups is 2. The molecule has 9 heteroatoms. The highest BCUT2D eigenvalue weighted by molar-refractivity contribution is 6.32. The van der Waals surface area contributed by atoms with Gasteiger partial charge < -0.3 is 14.5 Å². The third-order valence-corrected chi connectivity index (χ3v) is 4.30. The molecule has 2 aromatic heterocycles. The van der Waals surface area contributed by atoms with Crippen LogP contribution < -0.4 is 5.32 Å². The fourth-order valence-electron chi connectivity index (χ4n) is 2.40. The first kappa shape index (κ1) is 20.5. The maximum atomic E-state index is 12.1. The van der Waals surface area contributed by atoms with Gasteiger partial charge in [-0.3, -0.25) is 9.59 Å². The van der Waals surface area contributed by atoms with E-state index in [1.807, 2.05) is 31.2 Å². The zero-order valence-electron chi connectivity index (χ0n) is 15.9. The number of rotatable bonds is 7. The van der Waals surface area contributed by atoms with E-state index in [2.05, 4.69) is 20.5 Å². The van der Waals surface area contributed by atoms with Gasteiger partial charge in [-0.05, 0) is 38.1 Å². The van der Waals surface area contributed by atoms with E-state index in [0.29, 0.717) is 17.5 Å². The minimum atomic E-state index is -0.996. The number of benzene rings is 1. The molecule has 1 atom stereocenters. The lowest BCUT2D eigenvalue weighted by Crippen LogP contribution is -2.30. The Kier molecular flexibility index (Phi) is 6.56. The number of esters is 1. The number of hydrogen-bond acceptors (Lipinski definition) is 7. The number of hydrogen-bond donors (Lipinski definition) is 1. The summed E-state index contributed by atoms with van der Waals surface area (Å²) in [4.78, 5) is 28.0. The van der Waals surface area contributed by atoms with Crippen LogP contribution >= 0.6 is 11.6 Å². The van der Waals surface area contributed by atoms with Crippen LogP contribution in [0.2, 0.25) is 5.15 Å². The summed E-state index contributed by atoms with van der Waals surface area (Å²) in [6.07, 6.45) is 0.717. The average Bonchev–Trinajstić information content (AvgIpc) is 3.17. The minimum Gasteiger partial charge on any atom is -0.453 e. The molecule has 0 bridgehead atoms. The molecule has 3 rings (SSSR count). The maximum Gasteiger partial charge on any atom is 0.307 e. The van der Waals surface area contributed by atoms with Crippen LogP contribution in [-0.2, 0) is 20.7 Å². The number of pyridine rings is 1. The number of aromatic nitrogens is 3. The fourth-order valence-corrected chi connectivity index (χ4v) is 2.57. The zero-order chi connectivity index (χ0) is 20.8. The summed E-state index contributed by atoms with van der Waals surface area (Å²) < 4.78 is 10.7. The van der Waals surface area contributed by atoms with Crippen LogP contribution in [0.15, 0.2) is 47.0 Å². The van der Waals surface area contributed by atoms with Gasteiger partial charge in [0.25, 0.3) is 5.91 Å². The van der Waals surface area contributed by atoms with Gasteiger partial charge in [-0.25, -0.2) is 4.98 Å². The number of nitrogens with one attached hydrogen (secondary N) is 1. The molecule has 29 heavy (non-hydrogen) atoms. The fraction of sp³-hybridized carbons (Fsp3) is 0.250. The van der Waals surface area contributed by atoms with E-state index in [1.165, 1.54) is 13.1 Å². The van der Waals surface area contributed by atoms with E-state index in [4.69, 9.17) is 20.8 Å². The molecular formula is C20H19ClN4O4. The molecule has 150 valence electrons. The second kappa shape index (κ2) is 9.29. The summed E-state index contributed by atoms with van der Waals surface area (Å²) >= 11 is 5.89. The van der Waals surface area contributed by atoms with Crippen LogP contribution in [0.1, 0.15) is 24.8 Å². The number of carbonyl (C=O) groups excluding carboxylic acids is 2. The molecule has 2 heterocycles. The first-order valence-corrected chi connectivity index (χ1v) is 9.30. The van der Waals surface area contributed by atoms with Crippen molar-refractivity contribution in [3.63, 3.8) is 0 Å². The quantitative estimate of drug-likeness (QED) is 0.465. The molecule has 0 aliphatic carbocycles. The molecule has 0 radical (unpaired) electrons. The number of anilines is 1. The van der Waals surface area contributed by atoms with E-state index in [-0.39, 0.29) is 18.0 Å². The van der Waals surface area contributed by atoms with Gasteiger partial charge in [-0.1, -0.05) is 29.3 Å². The van der Waals surface area contributed by atoms with E-state index < -0.39 is 18.0 Å². The van der Waals surface area contributed by atoms with Crippen LogP contribution in [0.4, 0.5) is 5.69 Å². The molecule has 0 spiro atoms. The molecule has 1 amide bonds. The largest absolute Gasteiger partial charge is 0.453 e. The average molecular weight is 415 g/mol. The highest BCUT2D eigenvalue weighted by atomic mass is 35.5. The lowest BCUT2D eigenvalue weighted by Gasteiger charge is -2.13. The Morgan fingerprint density at radius 3 is 2.69 bits per heavy atom. The van der Waals surface area contributed by atoms with Gasteiger partial charge in [0.1, 0.15) is 0 Å². The Bertz CT molecular complexity index is 1000. The number of nitrogens with zero attached hydrogens (tertiary/aromatic N) is 3. The van der Waals surface area contributed by atoms with Crippen LogP contribution in [-0.4, -0.2) is 33.2 Å². The van der Waals surface area contributed by atoms with Crippen LogP contribution in [0.25, 0.3) is 11.5 Å². The molecule has 1 aromatic carbocycles. The normalized spacial score (nSPS) is 11.7. The summed E-state index contributed by atoms with van der Waals surface area (Å²) in [5.74, 6) is -0.362. The Balaban J connectivity index is 1.49. The standard InChI is InChI=1S/C20H19ClN4O4/c1-12-5-7-14(8-6-12)20-25-24-16(29-20)9-10-17(26)28-13(2)19(27)23-15-4-3-11-22-18(15)21/h3-8,11,13H,9-10H2,1-2H3,(H,23,27). The molecular weight excluding hydrogens is 396 g/mol. The minimum absolute atomic E-state index is 0.000794. The highest BCUT2D eigenvalue weighted by Crippen LogP contribution is 2.19. The van der Waals surface area contributed by atoms with Crippen molar-refractivity contribution < 1.29 is 18.7 Å². The second-order valence-corrected chi connectivity index (χ2v) is 6.69. The second-order valence-electron chi connectivity index (χ2n) is 6.33. The molecule has 0 fully saturated rings. The van der Waals surface area contributed by atoms with Gasteiger partial charge in [-0.15, -0.1) is 10.2 Å². The lowest BCUT2D eigenvalue weighted by molar-refractivity contribution is -0.153. The topological polar surface area (TPSA) is 107 Å². The zero-order valence-corrected chi connectivity index (χ0v) is 16.6. The van der Waals surface area contributed by atoms with Gasteiger partial charge in [0.2, 0.25) is 11.8 Å². The van der Waals surface area contributed by atoms with Crippen molar-refractivity contribution in [1.29, 1.82) is 0 Å². The number of amides is 1. The monoisotopic (exact) mass is 414 g/mol.